The smallest absolute Gasteiger partial charge is 0.260 e. The molecule has 1 aliphatic carbocycles. The maximum atomic E-state index is 13.3. The van der Waals surface area contributed by atoms with Crippen molar-refractivity contribution in [1.29, 1.82) is 0 Å². The van der Waals surface area contributed by atoms with Gasteiger partial charge in [0.05, 0.1) is 12.7 Å². The second kappa shape index (κ2) is 8.26. The van der Waals surface area contributed by atoms with Crippen LogP contribution in [-0.4, -0.2) is 50.3 Å². The number of fused-ring (bicyclic) bond motifs is 2. The molecule has 1 saturated carbocycles. The zero-order valence-electron chi connectivity index (χ0n) is 18.9. The third-order valence-corrected chi connectivity index (χ3v) is 6.95. The minimum Gasteiger partial charge on any atom is -0.496 e. The molecule has 8 nitrogen and oxygen atoms in total. The number of aryl methyl sites for hydroxylation is 1. The van der Waals surface area contributed by atoms with Gasteiger partial charge >= 0.3 is 0 Å². The lowest BCUT2D eigenvalue weighted by Crippen LogP contribution is -2.32. The Hall–Kier alpha value is -3.26. The number of benzene rings is 1. The van der Waals surface area contributed by atoms with Gasteiger partial charge in [0.2, 0.25) is 0 Å². The van der Waals surface area contributed by atoms with Gasteiger partial charge in [-0.2, -0.15) is 0 Å². The average Bonchev–Trinajstić information content (AvgIpc) is 3.61. The summed E-state index contributed by atoms with van der Waals surface area (Å²) in [5, 5.41) is 11.7. The van der Waals surface area contributed by atoms with Gasteiger partial charge < -0.3 is 14.6 Å². The van der Waals surface area contributed by atoms with Crippen molar-refractivity contribution in [3.8, 4) is 17.3 Å². The summed E-state index contributed by atoms with van der Waals surface area (Å²) >= 11 is 0. The first-order valence-corrected chi connectivity index (χ1v) is 11.8. The van der Waals surface area contributed by atoms with Crippen LogP contribution in [-0.2, 0) is 25.9 Å². The van der Waals surface area contributed by atoms with E-state index in [0.29, 0.717) is 28.9 Å². The fraction of sp³-hybridized carbons (Fsp3) is 0.440. The highest BCUT2D eigenvalue weighted by Crippen LogP contribution is 2.34. The molecule has 0 saturated heterocycles. The SMILES string of the molecule is COc1cc2c(cc1C(=O)Nc1cccc(-c3nnc4n3CCCC4)n1)CN(C1CC1)CC2. The zero-order chi connectivity index (χ0) is 22.4. The summed E-state index contributed by atoms with van der Waals surface area (Å²) in [6, 6.07) is 10.3. The van der Waals surface area contributed by atoms with Crippen LogP contribution >= 0.6 is 0 Å². The monoisotopic (exact) mass is 444 g/mol. The molecule has 6 rings (SSSR count). The van der Waals surface area contributed by atoms with E-state index in [0.717, 1.165) is 57.0 Å². The number of aromatic nitrogens is 4. The van der Waals surface area contributed by atoms with Crippen molar-refractivity contribution >= 4 is 11.7 Å². The topological polar surface area (TPSA) is 85.2 Å². The predicted molar refractivity (Wildman–Crippen MR) is 124 cm³/mol. The molecule has 33 heavy (non-hydrogen) atoms. The fourth-order valence-electron chi connectivity index (χ4n) is 5.02. The van der Waals surface area contributed by atoms with E-state index in [1.165, 1.54) is 24.0 Å². The third kappa shape index (κ3) is 3.88. The highest BCUT2D eigenvalue weighted by Gasteiger charge is 2.32. The number of hydrogen-bond donors (Lipinski definition) is 1. The molecular weight excluding hydrogens is 416 g/mol. The third-order valence-electron chi connectivity index (χ3n) is 6.95. The quantitative estimate of drug-likeness (QED) is 0.649. The van der Waals surface area contributed by atoms with Crippen LogP contribution in [0.3, 0.4) is 0 Å². The van der Waals surface area contributed by atoms with Gasteiger partial charge in [0, 0.05) is 32.1 Å². The Morgan fingerprint density at radius 3 is 2.85 bits per heavy atom. The Labute approximate surface area is 193 Å². The van der Waals surface area contributed by atoms with Crippen LogP contribution in [0.4, 0.5) is 5.82 Å². The van der Waals surface area contributed by atoms with E-state index >= 15 is 0 Å². The van der Waals surface area contributed by atoms with Crippen molar-refractivity contribution in [3.63, 3.8) is 0 Å². The number of nitrogens with one attached hydrogen (secondary N) is 1. The number of rotatable bonds is 5. The number of ether oxygens (including phenoxy) is 1. The lowest BCUT2D eigenvalue weighted by atomic mass is 9.96. The van der Waals surface area contributed by atoms with Gasteiger partial charge in [0.1, 0.15) is 23.1 Å². The van der Waals surface area contributed by atoms with Crippen molar-refractivity contribution in [2.75, 3.05) is 19.0 Å². The summed E-state index contributed by atoms with van der Waals surface area (Å²) in [6.07, 6.45) is 6.77. The summed E-state index contributed by atoms with van der Waals surface area (Å²) in [4.78, 5) is 20.5. The molecule has 1 aromatic carbocycles. The molecule has 3 aromatic rings. The number of anilines is 1. The van der Waals surface area contributed by atoms with E-state index in [1.54, 1.807) is 13.2 Å². The van der Waals surface area contributed by atoms with Gasteiger partial charge in [-0.3, -0.25) is 9.69 Å². The predicted octanol–water partition coefficient (Wildman–Crippen LogP) is 3.46. The Kier molecular flexibility index (Phi) is 5.10. The summed E-state index contributed by atoms with van der Waals surface area (Å²) < 4.78 is 7.72. The molecule has 2 aliphatic heterocycles. The highest BCUT2D eigenvalue weighted by molar-refractivity contribution is 6.06. The van der Waals surface area contributed by atoms with E-state index in [1.807, 2.05) is 24.3 Å². The molecule has 0 bridgehead atoms. The van der Waals surface area contributed by atoms with Crippen LogP contribution in [0.5, 0.6) is 5.75 Å². The van der Waals surface area contributed by atoms with E-state index in [4.69, 9.17) is 4.74 Å². The molecule has 3 aliphatic rings. The maximum absolute atomic E-state index is 13.3. The number of hydrogen-bond acceptors (Lipinski definition) is 6. The standard InChI is InChI=1S/C25H28N6O2/c1-33-21-14-16-10-12-30(18-8-9-18)15-17(16)13-19(21)25(32)27-22-6-4-5-20(26-22)24-29-28-23-7-2-3-11-31(23)24/h4-6,13-14,18H,2-3,7-12,15H2,1H3,(H,26,27,32). The molecular formula is C25H28N6O2. The van der Waals surface area contributed by atoms with Gasteiger partial charge in [-0.15, -0.1) is 10.2 Å². The fourth-order valence-corrected chi connectivity index (χ4v) is 5.02. The van der Waals surface area contributed by atoms with E-state index in [-0.39, 0.29) is 5.91 Å². The minimum absolute atomic E-state index is 0.217. The lowest BCUT2D eigenvalue weighted by molar-refractivity contribution is 0.102. The molecule has 4 heterocycles. The summed E-state index contributed by atoms with van der Waals surface area (Å²) in [5.41, 5.74) is 3.75. The maximum Gasteiger partial charge on any atom is 0.260 e. The largest absolute Gasteiger partial charge is 0.496 e. The normalized spacial score (nSPS) is 17.8. The van der Waals surface area contributed by atoms with Crippen molar-refractivity contribution in [2.24, 2.45) is 0 Å². The second-order valence-electron chi connectivity index (χ2n) is 9.18. The number of carbonyl (C=O) groups is 1. The molecule has 0 unspecified atom stereocenters. The number of methoxy groups -OCH3 is 1. The van der Waals surface area contributed by atoms with Crippen molar-refractivity contribution in [2.45, 2.75) is 57.7 Å². The van der Waals surface area contributed by atoms with Gasteiger partial charge in [0.25, 0.3) is 5.91 Å². The second-order valence-corrected chi connectivity index (χ2v) is 9.18. The van der Waals surface area contributed by atoms with Crippen LogP contribution in [0.1, 0.15) is 53.0 Å². The molecule has 8 heteroatoms. The average molecular weight is 445 g/mol. The first-order valence-electron chi connectivity index (χ1n) is 11.8. The molecule has 0 spiro atoms. The van der Waals surface area contributed by atoms with Gasteiger partial charge in [-0.1, -0.05) is 6.07 Å². The van der Waals surface area contributed by atoms with Gasteiger partial charge in [0.15, 0.2) is 5.82 Å². The molecule has 2 aromatic heterocycles. The van der Waals surface area contributed by atoms with Crippen molar-refractivity contribution in [1.82, 2.24) is 24.6 Å². The Morgan fingerprint density at radius 2 is 2.00 bits per heavy atom. The van der Waals surface area contributed by atoms with Gasteiger partial charge in [-0.25, -0.2) is 4.98 Å². The number of carbonyl (C=O) groups excluding carboxylic acids is 1. The Morgan fingerprint density at radius 1 is 1.09 bits per heavy atom. The first-order chi connectivity index (χ1) is 16.2. The van der Waals surface area contributed by atoms with Crippen LogP contribution < -0.4 is 10.1 Å². The molecule has 0 atom stereocenters. The van der Waals surface area contributed by atoms with E-state index in [2.05, 4.69) is 30.0 Å². The molecule has 170 valence electrons. The summed E-state index contributed by atoms with van der Waals surface area (Å²) in [7, 11) is 1.62. The van der Waals surface area contributed by atoms with Gasteiger partial charge in [-0.05, 0) is 67.5 Å². The lowest BCUT2D eigenvalue weighted by Gasteiger charge is -2.29. The highest BCUT2D eigenvalue weighted by atomic mass is 16.5. The Bertz CT molecular complexity index is 1220. The van der Waals surface area contributed by atoms with Crippen LogP contribution in [0, 0.1) is 0 Å². The van der Waals surface area contributed by atoms with Crippen LogP contribution in [0.2, 0.25) is 0 Å². The van der Waals surface area contributed by atoms with Crippen molar-refractivity contribution < 1.29 is 9.53 Å². The zero-order valence-corrected chi connectivity index (χ0v) is 18.9. The molecule has 0 radical (unpaired) electrons. The Balaban J connectivity index is 1.26. The first kappa shape index (κ1) is 20.4. The summed E-state index contributed by atoms with van der Waals surface area (Å²) in [5.74, 6) is 2.64. The van der Waals surface area contributed by atoms with Crippen LogP contribution in [0.15, 0.2) is 30.3 Å². The number of nitrogens with zero attached hydrogens (tertiary/aromatic N) is 5. The number of amides is 1. The number of pyridine rings is 1. The van der Waals surface area contributed by atoms with E-state index < -0.39 is 0 Å². The van der Waals surface area contributed by atoms with Crippen molar-refractivity contribution in [3.05, 3.63) is 52.8 Å². The molecule has 1 fully saturated rings. The van der Waals surface area contributed by atoms with E-state index in [9.17, 15) is 4.79 Å². The minimum atomic E-state index is -0.217. The molecule has 1 amide bonds. The summed E-state index contributed by atoms with van der Waals surface area (Å²) in [6.45, 7) is 2.88. The van der Waals surface area contributed by atoms with Crippen LogP contribution in [0.25, 0.3) is 11.5 Å². The molecule has 1 N–H and O–H groups in total.